The number of nitrogens with two attached hydrogens (primary N) is 1. The highest BCUT2D eigenvalue weighted by Crippen LogP contribution is 2.20. The van der Waals surface area contributed by atoms with Gasteiger partial charge in [0.1, 0.15) is 5.82 Å². The molecule has 1 aliphatic heterocycles. The van der Waals surface area contributed by atoms with Gasteiger partial charge < -0.3 is 10.6 Å². The summed E-state index contributed by atoms with van der Waals surface area (Å²) in [6, 6.07) is 6.66. The smallest absolute Gasteiger partial charge is 0.127 e. The van der Waals surface area contributed by atoms with Gasteiger partial charge in [0.25, 0.3) is 0 Å². The quantitative estimate of drug-likeness (QED) is 0.903. The number of rotatable bonds is 4. The molecule has 2 N–H and O–H groups in total. The largest absolute Gasteiger partial charge is 0.324 e. The summed E-state index contributed by atoms with van der Waals surface area (Å²) in [4.78, 5) is 2.48. The van der Waals surface area contributed by atoms with Gasteiger partial charge in [0, 0.05) is 11.6 Å². The van der Waals surface area contributed by atoms with E-state index in [0.717, 1.165) is 32.0 Å². The number of halogens is 1. The average molecular weight is 264 g/mol. The van der Waals surface area contributed by atoms with E-state index in [0.29, 0.717) is 5.56 Å². The molecule has 2 atom stereocenters. The van der Waals surface area contributed by atoms with Crippen LogP contribution in [-0.4, -0.2) is 24.5 Å². The molecule has 1 saturated heterocycles. The fraction of sp³-hybridized carbons (Fsp3) is 0.625. The van der Waals surface area contributed by atoms with Gasteiger partial charge in [0.2, 0.25) is 0 Å². The van der Waals surface area contributed by atoms with Crippen LogP contribution in [-0.2, 0) is 0 Å². The van der Waals surface area contributed by atoms with E-state index in [9.17, 15) is 4.39 Å². The van der Waals surface area contributed by atoms with Crippen molar-refractivity contribution in [3.05, 3.63) is 35.6 Å². The summed E-state index contributed by atoms with van der Waals surface area (Å²) in [5, 5.41) is 0. The minimum Gasteiger partial charge on any atom is -0.324 e. The van der Waals surface area contributed by atoms with Gasteiger partial charge in [-0.2, -0.15) is 0 Å². The maximum absolute atomic E-state index is 13.6. The van der Waals surface area contributed by atoms with E-state index in [1.165, 1.54) is 25.3 Å². The van der Waals surface area contributed by atoms with Crippen molar-refractivity contribution in [2.75, 3.05) is 19.6 Å². The third-order valence-electron chi connectivity index (χ3n) is 4.17. The first-order valence-electron chi connectivity index (χ1n) is 7.39. The lowest BCUT2D eigenvalue weighted by molar-refractivity contribution is 0.270. The molecule has 0 aromatic heterocycles. The Morgan fingerprint density at radius 2 is 2.11 bits per heavy atom. The summed E-state index contributed by atoms with van der Waals surface area (Å²) in [5.74, 6) is 0.657. The third kappa shape index (κ3) is 4.29. The molecule has 1 fully saturated rings. The van der Waals surface area contributed by atoms with E-state index in [1.54, 1.807) is 12.1 Å². The van der Waals surface area contributed by atoms with Gasteiger partial charge in [-0.15, -0.1) is 0 Å². The van der Waals surface area contributed by atoms with Crippen molar-refractivity contribution >= 4 is 0 Å². The topological polar surface area (TPSA) is 29.3 Å². The molecule has 0 radical (unpaired) electrons. The van der Waals surface area contributed by atoms with Crippen molar-refractivity contribution in [1.82, 2.24) is 4.90 Å². The van der Waals surface area contributed by atoms with Crippen LogP contribution in [0.4, 0.5) is 4.39 Å². The van der Waals surface area contributed by atoms with Gasteiger partial charge in [-0.3, -0.25) is 0 Å². The first-order valence-corrected chi connectivity index (χ1v) is 7.39. The number of likely N-dealkylation sites (tertiary alicyclic amines) is 1. The zero-order valence-corrected chi connectivity index (χ0v) is 11.8. The Labute approximate surface area is 115 Å². The van der Waals surface area contributed by atoms with Crippen LogP contribution >= 0.6 is 0 Å². The van der Waals surface area contributed by atoms with Crippen LogP contribution in [0.15, 0.2) is 24.3 Å². The van der Waals surface area contributed by atoms with E-state index < -0.39 is 0 Å². The Balaban J connectivity index is 1.83. The van der Waals surface area contributed by atoms with Crippen molar-refractivity contribution < 1.29 is 4.39 Å². The minimum atomic E-state index is -0.193. The maximum atomic E-state index is 13.6. The summed E-state index contributed by atoms with van der Waals surface area (Å²) in [7, 11) is 0. The maximum Gasteiger partial charge on any atom is 0.127 e. The molecule has 19 heavy (non-hydrogen) atoms. The molecule has 0 saturated carbocycles. The van der Waals surface area contributed by atoms with Gasteiger partial charge >= 0.3 is 0 Å². The predicted molar refractivity (Wildman–Crippen MR) is 77.4 cm³/mol. The highest BCUT2D eigenvalue weighted by Gasteiger charge is 2.16. The lowest BCUT2D eigenvalue weighted by Gasteiger charge is -2.22. The summed E-state index contributed by atoms with van der Waals surface area (Å²) in [5.41, 5.74) is 6.76. The number of hydrogen-bond donors (Lipinski definition) is 1. The molecule has 0 aliphatic carbocycles. The lowest BCUT2D eigenvalue weighted by Crippen LogP contribution is -2.28. The van der Waals surface area contributed by atoms with Gasteiger partial charge in [-0.05, 0) is 57.3 Å². The second-order valence-corrected chi connectivity index (χ2v) is 5.79. The molecule has 106 valence electrons. The molecule has 3 heteroatoms. The summed E-state index contributed by atoms with van der Waals surface area (Å²) in [6.07, 6.45) is 4.70. The van der Waals surface area contributed by atoms with Crippen molar-refractivity contribution in [2.24, 2.45) is 11.7 Å². The van der Waals surface area contributed by atoms with E-state index in [1.807, 2.05) is 6.07 Å². The molecule has 1 aromatic carbocycles. The summed E-state index contributed by atoms with van der Waals surface area (Å²) in [6.45, 7) is 5.62. The van der Waals surface area contributed by atoms with Crippen molar-refractivity contribution in [3.8, 4) is 0 Å². The van der Waals surface area contributed by atoms with E-state index in [4.69, 9.17) is 5.73 Å². The standard InChI is InChI=1S/C16H25FN2/c1-13-5-4-10-19(11-8-13)12-9-16(18)14-6-2-3-7-15(14)17/h2-3,6-7,13,16H,4-5,8-12,18H2,1H3. The van der Waals surface area contributed by atoms with E-state index in [2.05, 4.69) is 11.8 Å². The third-order valence-corrected chi connectivity index (χ3v) is 4.17. The molecule has 1 aromatic rings. The van der Waals surface area contributed by atoms with Gasteiger partial charge in [-0.1, -0.05) is 25.1 Å². The van der Waals surface area contributed by atoms with Gasteiger partial charge in [0.15, 0.2) is 0 Å². The summed E-state index contributed by atoms with van der Waals surface area (Å²) >= 11 is 0. The normalized spacial score (nSPS) is 23.0. The Bertz CT molecular complexity index is 394. The lowest BCUT2D eigenvalue weighted by atomic mass is 10.0. The van der Waals surface area contributed by atoms with E-state index in [-0.39, 0.29) is 11.9 Å². The molecule has 2 unspecified atom stereocenters. The van der Waals surface area contributed by atoms with E-state index >= 15 is 0 Å². The zero-order valence-electron chi connectivity index (χ0n) is 11.8. The molecule has 2 nitrogen and oxygen atoms in total. The molecular formula is C16H25FN2. The highest BCUT2D eigenvalue weighted by molar-refractivity contribution is 5.20. The van der Waals surface area contributed by atoms with Crippen LogP contribution in [0.25, 0.3) is 0 Å². The Hall–Kier alpha value is -0.930. The first-order chi connectivity index (χ1) is 9.16. The second kappa shape index (κ2) is 7.01. The molecule has 0 spiro atoms. The van der Waals surface area contributed by atoms with Crippen LogP contribution in [0, 0.1) is 11.7 Å². The Morgan fingerprint density at radius 3 is 2.89 bits per heavy atom. The zero-order chi connectivity index (χ0) is 13.7. The molecular weight excluding hydrogens is 239 g/mol. The number of benzene rings is 1. The average Bonchev–Trinajstić information content (AvgIpc) is 2.61. The van der Waals surface area contributed by atoms with Crippen LogP contribution in [0.2, 0.25) is 0 Å². The molecule has 0 amide bonds. The van der Waals surface area contributed by atoms with Crippen molar-refractivity contribution in [2.45, 2.75) is 38.6 Å². The first kappa shape index (κ1) is 14.5. The van der Waals surface area contributed by atoms with Crippen LogP contribution in [0.5, 0.6) is 0 Å². The highest BCUT2D eigenvalue weighted by atomic mass is 19.1. The Morgan fingerprint density at radius 1 is 1.32 bits per heavy atom. The van der Waals surface area contributed by atoms with Crippen LogP contribution in [0.1, 0.15) is 44.2 Å². The molecule has 2 rings (SSSR count). The van der Waals surface area contributed by atoms with Crippen molar-refractivity contribution in [1.29, 1.82) is 0 Å². The SMILES string of the molecule is CC1CCCN(CCC(N)c2ccccc2F)CC1. The number of nitrogens with zero attached hydrogens (tertiary/aromatic N) is 1. The predicted octanol–water partition coefficient (Wildman–Crippen LogP) is 3.34. The molecule has 0 bridgehead atoms. The van der Waals surface area contributed by atoms with Crippen molar-refractivity contribution in [3.63, 3.8) is 0 Å². The summed E-state index contributed by atoms with van der Waals surface area (Å²) < 4.78 is 13.6. The fourth-order valence-corrected chi connectivity index (χ4v) is 2.80. The van der Waals surface area contributed by atoms with Gasteiger partial charge in [0.05, 0.1) is 0 Å². The minimum absolute atomic E-state index is 0.181. The molecule has 1 aliphatic rings. The second-order valence-electron chi connectivity index (χ2n) is 5.79. The van der Waals surface area contributed by atoms with Gasteiger partial charge in [-0.25, -0.2) is 4.39 Å². The van der Waals surface area contributed by atoms with Crippen LogP contribution < -0.4 is 5.73 Å². The monoisotopic (exact) mass is 264 g/mol. The van der Waals surface area contributed by atoms with Crippen LogP contribution in [0.3, 0.4) is 0 Å². The fourth-order valence-electron chi connectivity index (χ4n) is 2.80. The molecule has 1 heterocycles. The number of hydrogen-bond acceptors (Lipinski definition) is 2. The Kier molecular flexibility index (Phi) is 5.34.